The van der Waals surface area contributed by atoms with E-state index in [0.717, 1.165) is 96.9 Å². The van der Waals surface area contributed by atoms with Gasteiger partial charge in [-0.2, -0.15) is 0 Å². The maximum absolute atomic E-state index is 13.2. The van der Waals surface area contributed by atoms with Crippen molar-refractivity contribution in [3.63, 3.8) is 0 Å². The van der Waals surface area contributed by atoms with Gasteiger partial charge in [-0.25, -0.2) is 4.79 Å². The monoisotopic (exact) mass is 681 g/mol. The van der Waals surface area contributed by atoms with Crippen LogP contribution in [0.2, 0.25) is 0 Å². The van der Waals surface area contributed by atoms with E-state index in [-0.39, 0.29) is 36.3 Å². The number of nitrogens with one attached hydrogen (secondary N) is 2. The van der Waals surface area contributed by atoms with Gasteiger partial charge in [0.05, 0.1) is 33.0 Å². The molecule has 0 unspecified atom stereocenters. The van der Waals surface area contributed by atoms with Gasteiger partial charge in [-0.3, -0.25) is 4.90 Å². The van der Waals surface area contributed by atoms with E-state index in [1.54, 1.807) is 14.2 Å². The van der Waals surface area contributed by atoms with Crippen LogP contribution in [-0.4, -0.2) is 55.0 Å². The number of amides is 2. The quantitative estimate of drug-likeness (QED) is 0.221. The van der Waals surface area contributed by atoms with Gasteiger partial charge in [0.15, 0.2) is 17.8 Å². The smallest absolute Gasteiger partial charge is 0.319 e. The zero-order chi connectivity index (χ0) is 34.4. The number of methoxy groups -OCH3 is 2. The van der Waals surface area contributed by atoms with E-state index in [0.29, 0.717) is 0 Å². The molecule has 50 heavy (non-hydrogen) atoms. The number of benzene rings is 3. The van der Waals surface area contributed by atoms with Gasteiger partial charge in [-0.15, -0.1) is 0 Å². The summed E-state index contributed by atoms with van der Waals surface area (Å²) in [4.78, 5) is 15.7. The molecular formula is C41H51N3O6. The summed E-state index contributed by atoms with van der Waals surface area (Å²) in [6.07, 6.45) is 7.47. The number of nitrogens with zero attached hydrogens (tertiary/aromatic N) is 1. The van der Waals surface area contributed by atoms with E-state index in [1.807, 2.05) is 36.4 Å². The Kier molecular flexibility index (Phi) is 9.27. The minimum Gasteiger partial charge on any atom is -0.493 e. The molecule has 2 heterocycles. The second-order valence-electron chi connectivity index (χ2n) is 15.7. The van der Waals surface area contributed by atoms with Crippen LogP contribution in [-0.2, 0) is 29.0 Å². The van der Waals surface area contributed by atoms with Crippen LogP contribution < -0.4 is 20.1 Å². The molecule has 1 saturated heterocycles. The van der Waals surface area contributed by atoms with E-state index < -0.39 is 6.29 Å². The number of rotatable bonds is 9. The summed E-state index contributed by atoms with van der Waals surface area (Å²) in [5.74, 6) is 3.92. The molecule has 4 atom stereocenters. The van der Waals surface area contributed by atoms with E-state index in [4.69, 9.17) is 18.9 Å². The van der Waals surface area contributed by atoms with Crippen LogP contribution in [0.3, 0.4) is 0 Å². The SMILES string of the molecule is COc1cc2c(cc1OC)CN(C[C@@H]1O[C@H](c3ccc(NC(=O)NC45CC6CC(CC(C6)C4)C5)cc3)O[C@H](c3ccc(CO)cc3)[C@@H]1C)CC2. The first kappa shape index (κ1) is 33.5. The van der Waals surface area contributed by atoms with Gasteiger partial charge < -0.3 is 34.7 Å². The Balaban J connectivity index is 0.972. The van der Waals surface area contributed by atoms with E-state index in [9.17, 15) is 9.90 Å². The van der Waals surface area contributed by atoms with Crippen LogP contribution in [0.1, 0.15) is 85.7 Å². The molecule has 4 saturated carbocycles. The molecule has 0 radical (unpaired) electrons. The molecule has 9 heteroatoms. The van der Waals surface area contributed by atoms with E-state index in [1.165, 1.54) is 30.4 Å². The summed E-state index contributed by atoms with van der Waals surface area (Å²) in [5.41, 5.74) is 6.10. The summed E-state index contributed by atoms with van der Waals surface area (Å²) in [5, 5.41) is 16.2. The van der Waals surface area contributed by atoms with Gasteiger partial charge in [0.1, 0.15) is 0 Å². The molecule has 9 rings (SSSR count). The highest BCUT2D eigenvalue weighted by atomic mass is 16.7. The van der Waals surface area contributed by atoms with Crippen LogP contribution in [0.25, 0.3) is 0 Å². The lowest BCUT2D eigenvalue weighted by Gasteiger charge is -2.56. The second-order valence-corrected chi connectivity index (χ2v) is 15.7. The molecule has 2 amide bonds. The number of urea groups is 1. The predicted octanol–water partition coefficient (Wildman–Crippen LogP) is 7.14. The number of carbonyl (C=O) groups is 1. The first-order valence-electron chi connectivity index (χ1n) is 18.5. The molecule has 4 aliphatic carbocycles. The minimum atomic E-state index is -0.574. The molecule has 4 bridgehead atoms. The Hall–Kier alpha value is -3.63. The van der Waals surface area contributed by atoms with Crippen molar-refractivity contribution >= 4 is 11.7 Å². The molecule has 0 spiro atoms. The fourth-order valence-corrected chi connectivity index (χ4v) is 10.1. The number of aliphatic hydroxyl groups excluding tert-OH is 1. The van der Waals surface area contributed by atoms with Crippen LogP contribution in [0.5, 0.6) is 11.5 Å². The number of hydrogen-bond donors (Lipinski definition) is 3. The number of carbonyl (C=O) groups excluding carboxylic acids is 1. The van der Waals surface area contributed by atoms with Crippen LogP contribution in [0.4, 0.5) is 10.5 Å². The van der Waals surface area contributed by atoms with Crippen LogP contribution in [0.15, 0.2) is 60.7 Å². The highest BCUT2D eigenvalue weighted by molar-refractivity contribution is 5.89. The molecule has 9 nitrogen and oxygen atoms in total. The number of anilines is 1. The van der Waals surface area contributed by atoms with Crippen molar-refractivity contribution in [3.8, 4) is 11.5 Å². The van der Waals surface area contributed by atoms with Crippen molar-refractivity contribution < 1.29 is 28.8 Å². The molecule has 2 aliphatic heterocycles. The standard InChI is InChI=1S/C41H51N3O6/c1-25-37(23-44-13-12-32-17-35(47-2)36(48-3)18-33(32)22-44)49-39(50-38(25)30-6-4-26(24-45)5-7-30)31-8-10-34(11-9-31)42-40(46)43-41-19-27-14-28(20-41)16-29(15-27)21-41/h4-11,17-18,25,27-29,37-39,45H,12-16,19-24H2,1-3H3,(H2,42,43,46)/t25-,27?,28?,29?,37+,38+,39+,41?/m1/s1. The van der Waals surface area contributed by atoms with Crippen molar-refractivity contribution in [1.29, 1.82) is 0 Å². The Labute approximate surface area is 295 Å². The lowest BCUT2D eigenvalue weighted by atomic mass is 9.53. The summed E-state index contributed by atoms with van der Waals surface area (Å²) in [6, 6.07) is 20.0. The third kappa shape index (κ3) is 6.73. The van der Waals surface area contributed by atoms with Crippen LogP contribution in [0, 0.1) is 23.7 Å². The molecule has 6 aliphatic rings. The Morgan fingerprint density at radius 2 is 1.50 bits per heavy atom. The van der Waals surface area contributed by atoms with Gasteiger partial charge in [0.2, 0.25) is 0 Å². The largest absolute Gasteiger partial charge is 0.493 e. The maximum atomic E-state index is 13.2. The topological polar surface area (TPSA) is 102 Å². The lowest BCUT2D eigenvalue weighted by molar-refractivity contribution is -0.276. The van der Waals surface area contributed by atoms with Gasteiger partial charge in [-0.1, -0.05) is 43.3 Å². The number of aliphatic hydroxyl groups is 1. The van der Waals surface area contributed by atoms with Crippen molar-refractivity contribution in [1.82, 2.24) is 10.2 Å². The third-order valence-electron chi connectivity index (χ3n) is 12.2. The number of hydrogen-bond acceptors (Lipinski definition) is 7. The fourth-order valence-electron chi connectivity index (χ4n) is 10.1. The number of fused-ring (bicyclic) bond motifs is 1. The number of ether oxygens (including phenoxy) is 4. The van der Waals surface area contributed by atoms with Crippen molar-refractivity contribution in [2.75, 3.05) is 32.6 Å². The Bertz CT molecular complexity index is 1640. The molecule has 266 valence electrons. The normalized spacial score (nSPS) is 31.6. The summed E-state index contributed by atoms with van der Waals surface area (Å²) < 4.78 is 24.7. The zero-order valence-electron chi connectivity index (χ0n) is 29.5. The third-order valence-corrected chi connectivity index (χ3v) is 12.2. The second kappa shape index (κ2) is 13.8. The van der Waals surface area contributed by atoms with Gasteiger partial charge in [0, 0.05) is 42.3 Å². The molecule has 3 aromatic carbocycles. The van der Waals surface area contributed by atoms with Crippen LogP contribution >= 0.6 is 0 Å². The molecule has 0 aromatic heterocycles. The molecular weight excluding hydrogens is 630 g/mol. The summed E-state index contributed by atoms with van der Waals surface area (Å²) in [6.45, 7) is 4.68. The first-order chi connectivity index (χ1) is 24.3. The van der Waals surface area contributed by atoms with E-state index in [2.05, 4.69) is 46.7 Å². The maximum Gasteiger partial charge on any atom is 0.319 e. The average Bonchev–Trinajstić information content (AvgIpc) is 3.11. The summed E-state index contributed by atoms with van der Waals surface area (Å²) >= 11 is 0. The molecule has 3 N–H and O–H groups in total. The molecule has 5 fully saturated rings. The Morgan fingerprint density at radius 1 is 0.880 bits per heavy atom. The van der Waals surface area contributed by atoms with Crippen molar-refractivity contribution in [2.45, 2.75) is 89.1 Å². The van der Waals surface area contributed by atoms with Gasteiger partial charge >= 0.3 is 6.03 Å². The lowest BCUT2D eigenvalue weighted by Crippen LogP contribution is -2.60. The highest BCUT2D eigenvalue weighted by Crippen LogP contribution is 2.55. The van der Waals surface area contributed by atoms with Crippen molar-refractivity contribution in [3.05, 3.63) is 88.5 Å². The van der Waals surface area contributed by atoms with Gasteiger partial charge in [-0.05, 0) is 109 Å². The Morgan fingerprint density at radius 3 is 2.12 bits per heavy atom. The van der Waals surface area contributed by atoms with Gasteiger partial charge in [0.25, 0.3) is 0 Å². The minimum absolute atomic E-state index is 0.00373. The first-order valence-corrected chi connectivity index (χ1v) is 18.5. The van der Waals surface area contributed by atoms with E-state index >= 15 is 0 Å². The molecule has 3 aromatic rings. The fraction of sp³-hybridized carbons (Fsp3) is 0.537. The van der Waals surface area contributed by atoms with Crippen molar-refractivity contribution in [2.24, 2.45) is 23.7 Å². The average molecular weight is 682 g/mol. The predicted molar refractivity (Wildman–Crippen MR) is 191 cm³/mol. The highest BCUT2D eigenvalue weighted by Gasteiger charge is 2.51. The summed E-state index contributed by atoms with van der Waals surface area (Å²) in [7, 11) is 3.36. The zero-order valence-corrected chi connectivity index (χ0v) is 29.5.